The third-order valence-electron chi connectivity index (χ3n) is 15.3. The number of nitrogens with zero attached hydrogens (tertiary/aromatic N) is 4. The molecule has 40 nitrogen and oxygen atoms in total. The summed E-state index contributed by atoms with van der Waals surface area (Å²) in [5.74, 6) is -13.0. The van der Waals surface area contributed by atoms with Crippen LogP contribution in [0.3, 0.4) is 0 Å². The van der Waals surface area contributed by atoms with Crippen molar-refractivity contribution in [1.29, 1.82) is 0 Å². The second-order valence-electron chi connectivity index (χ2n) is 21.0. The molecule has 0 radical (unpaired) electrons. The van der Waals surface area contributed by atoms with Gasteiger partial charge in [0.2, 0.25) is 23.4 Å². The van der Waals surface area contributed by atoms with E-state index in [1.807, 2.05) is 19.9 Å². The summed E-state index contributed by atoms with van der Waals surface area (Å²) in [5.41, 5.74) is 0.140. The Morgan fingerprint density at radius 1 is 0.509 bits per heavy atom. The topological polar surface area (TPSA) is 659 Å². The van der Waals surface area contributed by atoms with E-state index in [0.717, 1.165) is 58.9 Å². The number of hydrogen-bond acceptors (Lipinski definition) is 29. The molecule has 12 rings (SSSR count). The number of fused-ring (bicyclic) bond motifs is 12. The number of carbonyl (C=O) groups excluding carboxylic acids is 9. The Morgan fingerprint density at radius 2 is 0.991 bits per heavy atom. The zero-order valence-electron chi connectivity index (χ0n) is 56.3. The van der Waals surface area contributed by atoms with Gasteiger partial charge in [0.15, 0.2) is 11.5 Å². The van der Waals surface area contributed by atoms with Gasteiger partial charge < -0.3 is 105 Å². The van der Waals surface area contributed by atoms with Crippen LogP contribution in [0.15, 0.2) is 48.5 Å². The van der Waals surface area contributed by atoms with Crippen LogP contribution < -0.4 is 53.2 Å². The van der Waals surface area contributed by atoms with Crippen molar-refractivity contribution in [2.45, 2.75) is 48.5 Å². The van der Waals surface area contributed by atoms with Gasteiger partial charge in [0.05, 0.1) is 93.9 Å². The molecule has 108 heavy (non-hydrogen) atoms. The number of phenolic OH excluding ortho intramolecular Hbond substituents is 2. The molecular weight excluding hydrogens is 1450 g/mol. The van der Waals surface area contributed by atoms with Crippen molar-refractivity contribution in [2.75, 3.05) is 27.4 Å². The summed E-state index contributed by atoms with van der Waals surface area (Å²) in [6.07, 6.45) is 1.06. The fourth-order valence-corrected chi connectivity index (χ4v) is 11.0. The SMILES string of the molecule is C.CCOC(=O)c1cc(C(=O)OCC)c2c(n1)c(OC)c(C)c1cc(CC)[nH]c12.COc1c(C)c2cc(OC=O)nc2c2c(C(=O)O)cc(C(=O)O)[nH]c12.O.O=C=O.O=COc1cc2c(O)c(O)c3[nH]c(C(=O)O)cc(C(=O)O)c3c2n1.O=COc1cc2c([nH]1)-c1c(C(=O)O)cc(C(=O)O)nc1C(=O)C2=O.[Na+].[OH-]. The molecule has 8 heterocycles. The summed E-state index contributed by atoms with van der Waals surface area (Å²) in [6, 6.07) is 9.81. The van der Waals surface area contributed by atoms with Crippen LogP contribution in [0.5, 0.6) is 40.6 Å². The van der Waals surface area contributed by atoms with Gasteiger partial charge in [-0.1, -0.05) is 14.4 Å². The van der Waals surface area contributed by atoms with Crippen molar-refractivity contribution in [3.63, 3.8) is 0 Å². The predicted molar refractivity (Wildman–Crippen MR) is 360 cm³/mol. The summed E-state index contributed by atoms with van der Waals surface area (Å²) in [7, 11) is 2.93. The van der Waals surface area contributed by atoms with Gasteiger partial charge in [-0.2, -0.15) is 9.59 Å². The first-order valence-electron chi connectivity index (χ1n) is 29.4. The Morgan fingerprint density at radius 3 is 1.48 bits per heavy atom. The van der Waals surface area contributed by atoms with Gasteiger partial charge in [-0.3, -0.25) is 24.0 Å². The number of pyridine rings is 4. The van der Waals surface area contributed by atoms with E-state index < -0.39 is 99.0 Å². The number of nitrogens with one attached hydrogen (secondary N) is 4. The van der Waals surface area contributed by atoms with E-state index in [4.69, 9.17) is 43.5 Å². The van der Waals surface area contributed by atoms with Crippen LogP contribution in [-0.2, 0) is 39.9 Å². The Kier molecular flexibility index (Phi) is 28.7. The van der Waals surface area contributed by atoms with E-state index in [9.17, 15) is 93.0 Å². The Hall–Kier alpha value is -14.1. The molecule has 0 spiro atoms. The molecule has 558 valence electrons. The minimum absolute atomic E-state index is 0. The fourth-order valence-electron chi connectivity index (χ4n) is 11.0. The van der Waals surface area contributed by atoms with Gasteiger partial charge in [0.1, 0.15) is 45.5 Å². The van der Waals surface area contributed by atoms with Crippen LogP contribution in [0, 0.1) is 13.8 Å². The molecule has 0 unspecified atom stereocenters. The predicted octanol–water partition coefficient (Wildman–Crippen LogP) is 3.41. The molecule has 11 aromatic rings. The largest absolute Gasteiger partial charge is 1.00 e. The van der Waals surface area contributed by atoms with Crippen LogP contribution >= 0.6 is 0 Å². The number of esters is 2. The maximum Gasteiger partial charge on any atom is 1.00 e. The third-order valence-corrected chi connectivity index (χ3v) is 15.3. The number of ether oxygens (including phenoxy) is 7. The molecule has 0 bridgehead atoms. The van der Waals surface area contributed by atoms with Crippen molar-refractivity contribution in [3.8, 4) is 51.9 Å². The molecule has 0 atom stereocenters. The number of H-pyrrole nitrogens is 4. The molecule has 1 aliphatic rings. The van der Waals surface area contributed by atoms with Crippen LogP contribution in [-0.4, -0.2) is 204 Å². The molecule has 0 fully saturated rings. The monoisotopic (exact) mass is 1510 g/mol. The first kappa shape index (κ1) is 86.4. The molecular formula is C67H57N8NaO32. The standard InChI is InChI=1S/C21H24N2O5.C16H12N2O7.C14H8N2O8.C14H6N2O8.CO2.CH4.Na.2H2O/c1-6-12-9-13-11(4)19(26-5)18-16(17(13)22-12)14(20(24)27-7-2)10-15(23-18)21(25)28-8-3;1-6-7-4-10(25-5-19)18-12(7)11-8(15(20)21)3-9(16(22)23)17-13(11)14(6)24-2;2*17-3-24-7-2-5-9(16-7)8-4(13(20)21)1-6(14(22)23)15-10(8)12(19)11(5)18;2-1-3;;;;/h9-10,22H,6-8H2,1-5H3;3-5,17H,1-2H3,(H,20,21)(H,22,23);1-3,15,18-19H,(H,20,21)(H,22,23);1-3,16H,(H,20,21)(H,22,23);;1H4;;2*1H2/q;;;;;;+1;;/p-1. The van der Waals surface area contributed by atoms with Crippen molar-refractivity contribution in [1.82, 2.24) is 39.9 Å². The number of Topliss-reactive ketones (excluding diaryl/α,β-unsaturated/α-hetero) is 2. The number of aromatic carboxylic acids is 6. The second kappa shape index (κ2) is 35.9. The Balaban J connectivity index is 0.000000297. The normalized spacial score (nSPS) is 10.6. The van der Waals surface area contributed by atoms with E-state index in [-0.39, 0.29) is 188 Å². The fraction of sp³-hybridized carbons (Fsp3) is 0.164. The molecule has 3 aromatic carbocycles. The van der Waals surface area contributed by atoms with Gasteiger partial charge in [0.25, 0.3) is 25.2 Å². The third kappa shape index (κ3) is 16.5. The van der Waals surface area contributed by atoms with Crippen molar-refractivity contribution < 1.29 is 186 Å². The number of carboxylic acids is 6. The van der Waals surface area contributed by atoms with E-state index in [1.54, 1.807) is 27.9 Å². The van der Waals surface area contributed by atoms with Gasteiger partial charge in [-0.25, -0.2) is 58.3 Å². The molecule has 0 aliphatic heterocycles. The van der Waals surface area contributed by atoms with E-state index >= 15 is 0 Å². The molecule has 0 amide bonds. The van der Waals surface area contributed by atoms with Gasteiger partial charge in [0, 0.05) is 67.5 Å². The number of aromatic amines is 4. The molecule has 0 saturated carbocycles. The molecule has 0 saturated heterocycles. The first-order valence-corrected chi connectivity index (χ1v) is 29.4. The average Bonchev–Trinajstić information content (AvgIpc) is 1.51. The van der Waals surface area contributed by atoms with E-state index in [0.29, 0.717) is 27.6 Å². The Labute approximate surface area is 623 Å². The molecule has 1 aliphatic carbocycles. The van der Waals surface area contributed by atoms with E-state index in [2.05, 4.69) is 49.3 Å². The minimum Gasteiger partial charge on any atom is -0.870 e. The number of ketones is 2. The number of rotatable bonds is 19. The van der Waals surface area contributed by atoms with Crippen LogP contribution in [0.1, 0.15) is 149 Å². The number of aryl methyl sites for hydroxylation is 3. The van der Waals surface area contributed by atoms with Gasteiger partial charge >= 0.3 is 83.5 Å². The number of methoxy groups -OCH3 is 2. The number of carbonyl (C=O) groups is 13. The van der Waals surface area contributed by atoms with Crippen molar-refractivity contribution in [3.05, 3.63) is 122 Å². The first-order chi connectivity index (χ1) is 49.4. The zero-order chi connectivity index (χ0) is 76.6. The van der Waals surface area contributed by atoms with Crippen LogP contribution in [0.2, 0.25) is 0 Å². The summed E-state index contributed by atoms with van der Waals surface area (Å²) in [6.45, 7) is 9.92. The summed E-state index contributed by atoms with van der Waals surface area (Å²) in [4.78, 5) is 192. The number of benzene rings is 3. The quantitative estimate of drug-likeness (QED) is 0.0181. The molecule has 15 N–H and O–H groups in total. The maximum atomic E-state index is 12.7. The summed E-state index contributed by atoms with van der Waals surface area (Å²) < 4.78 is 35.2. The second-order valence-corrected chi connectivity index (χ2v) is 21.0. The molecule has 41 heteroatoms. The smallest absolute Gasteiger partial charge is 0.870 e. The van der Waals surface area contributed by atoms with Crippen LogP contribution in [0.25, 0.3) is 76.7 Å². The summed E-state index contributed by atoms with van der Waals surface area (Å²) in [5, 5.41) is 77.6. The van der Waals surface area contributed by atoms with Crippen molar-refractivity contribution in [2.24, 2.45) is 0 Å². The zero-order valence-corrected chi connectivity index (χ0v) is 58.3. The maximum absolute atomic E-state index is 12.7. The number of aromatic hydroxyl groups is 2. The number of aromatic nitrogens is 8. The number of phenols is 2. The van der Waals surface area contributed by atoms with Crippen molar-refractivity contribution >= 4 is 150 Å². The number of carboxylic acid groups (broad SMARTS) is 6. The average molecular weight is 1510 g/mol. The van der Waals surface area contributed by atoms with E-state index in [1.165, 1.54) is 19.2 Å². The summed E-state index contributed by atoms with van der Waals surface area (Å²) >= 11 is 0. The minimum atomic E-state index is -1.55. The van der Waals surface area contributed by atoms with Gasteiger partial charge in [-0.05, 0) is 64.4 Å². The Bertz CT molecular complexity index is 5570. The number of hydrogen-bond donors (Lipinski definition) is 12. The van der Waals surface area contributed by atoms with Gasteiger partial charge in [-0.15, -0.1) is 0 Å². The molecule has 8 aromatic heterocycles. The van der Waals surface area contributed by atoms with Crippen LogP contribution in [0.4, 0.5) is 0 Å².